The third kappa shape index (κ3) is 4.11. The van der Waals surface area contributed by atoms with Crippen LogP contribution in [-0.2, 0) is 0 Å². The lowest BCUT2D eigenvalue weighted by Gasteiger charge is -2.14. The van der Waals surface area contributed by atoms with Crippen molar-refractivity contribution >= 4 is 11.3 Å². The van der Waals surface area contributed by atoms with Gasteiger partial charge in [-0.15, -0.1) is 0 Å². The number of benzene rings is 3. The molecule has 0 atom stereocenters. The van der Waals surface area contributed by atoms with Crippen LogP contribution in [0.25, 0.3) is 22.7 Å². The van der Waals surface area contributed by atoms with Gasteiger partial charge in [-0.2, -0.15) is 9.13 Å². The van der Waals surface area contributed by atoms with Gasteiger partial charge in [0.15, 0.2) is 0 Å². The SMILES string of the molecule is C/C(=C(/O)c1n(-c2c(C)cc(C)cc2C)cc[n+]1-c1c(C)cc(C)cc1C)c1ccccc1. The van der Waals surface area contributed by atoms with Crippen molar-refractivity contribution in [3.63, 3.8) is 0 Å². The van der Waals surface area contributed by atoms with Gasteiger partial charge in [0.25, 0.3) is 0 Å². The van der Waals surface area contributed by atoms with Crippen LogP contribution in [0.5, 0.6) is 0 Å². The molecule has 1 N–H and O–H groups in total. The van der Waals surface area contributed by atoms with Crippen molar-refractivity contribution in [2.75, 3.05) is 0 Å². The van der Waals surface area contributed by atoms with Crippen LogP contribution in [0.2, 0.25) is 0 Å². The first-order valence-corrected chi connectivity index (χ1v) is 11.4. The molecule has 1 aromatic heterocycles. The van der Waals surface area contributed by atoms with Crippen molar-refractivity contribution in [3.05, 3.63) is 112 Å². The Balaban J connectivity index is 2.08. The number of aryl methyl sites for hydroxylation is 6. The summed E-state index contributed by atoms with van der Waals surface area (Å²) in [6.45, 7) is 14.8. The summed E-state index contributed by atoms with van der Waals surface area (Å²) in [6.07, 6.45) is 4.13. The van der Waals surface area contributed by atoms with E-state index in [0.29, 0.717) is 0 Å². The summed E-state index contributed by atoms with van der Waals surface area (Å²) in [6, 6.07) is 18.9. The molecule has 0 saturated carbocycles. The fourth-order valence-electron chi connectivity index (χ4n) is 5.08. The second kappa shape index (κ2) is 8.74. The Morgan fingerprint density at radius 1 is 0.758 bits per heavy atom. The summed E-state index contributed by atoms with van der Waals surface area (Å²) < 4.78 is 4.26. The van der Waals surface area contributed by atoms with E-state index in [1.165, 1.54) is 33.4 Å². The van der Waals surface area contributed by atoms with E-state index in [9.17, 15) is 5.11 Å². The van der Waals surface area contributed by atoms with Gasteiger partial charge in [-0.3, -0.25) is 0 Å². The normalized spacial score (nSPS) is 12.1. The van der Waals surface area contributed by atoms with Gasteiger partial charge in [0, 0.05) is 5.57 Å². The molecule has 0 radical (unpaired) electrons. The molecule has 0 spiro atoms. The zero-order valence-corrected chi connectivity index (χ0v) is 20.7. The monoisotopic (exact) mass is 437 g/mol. The molecule has 3 nitrogen and oxygen atoms in total. The maximum Gasteiger partial charge on any atom is 0.335 e. The first kappa shape index (κ1) is 22.6. The van der Waals surface area contributed by atoms with Crippen LogP contribution in [0, 0.1) is 41.5 Å². The highest BCUT2D eigenvalue weighted by Gasteiger charge is 2.29. The Morgan fingerprint density at radius 3 is 1.82 bits per heavy atom. The van der Waals surface area contributed by atoms with Crippen LogP contribution in [0.1, 0.15) is 51.7 Å². The number of imidazole rings is 1. The van der Waals surface area contributed by atoms with E-state index in [1.807, 2.05) is 37.3 Å². The molecule has 4 rings (SSSR count). The van der Waals surface area contributed by atoms with Crippen LogP contribution in [-0.4, -0.2) is 9.67 Å². The van der Waals surface area contributed by atoms with Gasteiger partial charge in [0.05, 0.1) is 0 Å². The van der Waals surface area contributed by atoms with Crippen molar-refractivity contribution in [2.45, 2.75) is 48.5 Å². The fraction of sp³-hybridized carbons (Fsp3) is 0.233. The van der Waals surface area contributed by atoms with Crippen molar-refractivity contribution in [2.24, 2.45) is 0 Å². The van der Waals surface area contributed by atoms with E-state index in [-0.39, 0.29) is 5.76 Å². The van der Waals surface area contributed by atoms with Crippen LogP contribution >= 0.6 is 0 Å². The molecular formula is C30H33N2O+. The average Bonchev–Trinajstić information content (AvgIpc) is 3.16. The van der Waals surface area contributed by atoms with Gasteiger partial charge >= 0.3 is 5.82 Å². The Kier molecular flexibility index (Phi) is 5.99. The van der Waals surface area contributed by atoms with E-state index in [2.05, 4.69) is 87.3 Å². The summed E-state index contributed by atoms with van der Waals surface area (Å²) in [5, 5.41) is 11.7. The molecule has 0 aliphatic heterocycles. The lowest BCUT2D eigenvalue weighted by atomic mass is 10.0. The number of nitrogens with zero attached hydrogens (tertiary/aromatic N) is 2. The summed E-state index contributed by atoms with van der Waals surface area (Å²) in [5.74, 6) is 1.02. The summed E-state index contributed by atoms with van der Waals surface area (Å²) in [5.41, 5.74) is 11.2. The number of aromatic nitrogens is 2. The number of hydrogen-bond acceptors (Lipinski definition) is 1. The Labute approximate surface area is 197 Å². The van der Waals surface area contributed by atoms with Crippen LogP contribution < -0.4 is 4.57 Å². The fourth-order valence-corrected chi connectivity index (χ4v) is 5.08. The van der Waals surface area contributed by atoms with Gasteiger partial charge < -0.3 is 5.11 Å². The van der Waals surface area contributed by atoms with Crippen molar-refractivity contribution in [1.82, 2.24) is 4.57 Å². The first-order chi connectivity index (χ1) is 15.7. The van der Waals surface area contributed by atoms with E-state index >= 15 is 0 Å². The van der Waals surface area contributed by atoms with Gasteiger partial charge in [0.2, 0.25) is 5.76 Å². The van der Waals surface area contributed by atoms with Gasteiger partial charge in [-0.1, -0.05) is 65.7 Å². The molecule has 3 heteroatoms. The number of allylic oxidation sites excluding steroid dienone is 1. The highest BCUT2D eigenvalue weighted by Crippen LogP contribution is 2.29. The quantitative estimate of drug-likeness (QED) is 0.269. The second-order valence-corrected chi connectivity index (χ2v) is 9.20. The molecular weight excluding hydrogens is 404 g/mol. The zero-order chi connectivity index (χ0) is 23.9. The molecule has 0 saturated heterocycles. The number of aliphatic hydroxyl groups is 1. The molecule has 33 heavy (non-hydrogen) atoms. The number of rotatable bonds is 4. The maximum absolute atomic E-state index is 11.7. The van der Waals surface area contributed by atoms with Gasteiger partial charge in [0.1, 0.15) is 23.8 Å². The Hall–Kier alpha value is -3.59. The van der Waals surface area contributed by atoms with Crippen molar-refractivity contribution in [1.29, 1.82) is 0 Å². The zero-order valence-electron chi connectivity index (χ0n) is 20.7. The number of aliphatic hydroxyl groups excluding tert-OH is 1. The summed E-state index contributed by atoms with van der Waals surface area (Å²) in [4.78, 5) is 0. The molecule has 1 heterocycles. The molecule has 3 aromatic carbocycles. The lowest BCUT2D eigenvalue weighted by Crippen LogP contribution is -2.36. The minimum atomic E-state index is 0.268. The molecule has 0 unspecified atom stereocenters. The third-order valence-electron chi connectivity index (χ3n) is 6.35. The second-order valence-electron chi connectivity index (χ2n) is 9.20. The van der Waals surface area contributed by atoms with Crippen molar-refractivity contribution in [3.8, 4) is 11.4 Å². The van der Waals surface area contributed by atoms with Gasteiger partial charge in [-0.05, 0) is 76.3 Å². The lowest BCUT2D eigenvalue weighted by molar-refractivity contribution is -0.599. The molecule has 168 valence electrons. The minimum absolute atomic E-state index is 0.268. The average molecular weight is 438 g/mol. The molecule has 0 bridgehead atoms. The Morgan fingerprint density at radius 2 is 1.27 bits per heavy atom. The molecule has 4 aromatic rings. The predicted octanol–water partition coefficient (Wildman–Crippen LogP) is 7.05. The third-order valence-corrected chi connectivity index (χ3v) is 6.35. The highest BCUT2D eigenvalue weighted by molar-refractivity contribution is 5.83. The van der Waals surface area contributed by atoms with E-state index in [4.69, 9.17) is 0 Å². The molecule has 0 amide bonds. The van der Waals surface area contributed by atoms with Gasteiger partial charge in [-0.25, -0.2) is 0 Å². The van der Waals surface area contributed by atoms with E-state index in [1.54, 1.807) is 0 Å². The topological polar surface area (TPSA) is 29.0 Å². The first-order valence-electron chi connectivity index (χ1n) is 11.4. The van der Waals surface area contributed by atoms with Crippen LogP contribution in [0.15, 0.2) is 67.0 Å². The van der Waals surface area contributed by atoms with Crippen molar-refractivity contribution < 1.29 is 9.67 Å². The van der Waals surface area contributed by atoms with E-state index in [0.717, 1.165) is 28.3 Å². The summed E-state index contributed by atoms with van der Waals surface area (Å²) >= 11 is 0. The smallest absolute Gasteiger partial charge is 0.335 e. The molecule has 0 fully saturated rings. The summed E-state index contributed by atoms with van der Waals surface area (Å²) in [7, 11) is 0. The van der Waals surface area contributed by atoms with Crippen LogP contribution in [0.4, 0.5) is 0 Å². The number of hydrogen-bond donors (Lipinski definition) is 1. The maximum atomic E-state index is 11.7. The van der Waals surface area contributed by atoms with E-state index < -0.39 is 0 Å². The Bertz CT molecular complexity index is 1250. The minimum Gasteiger partial charge on any atom is -0.501 e. The molecule has 0 aliphatic rings. The predicted molar refractivity (Wildman–Crippen MR) is 137 cm³/mol. The highest BCUT2D eigenvalue weighted by atomic mass is 16.3. The van der Waals surface area contributed by atoms with Crippen LogP contribution in [0.3, 0.4) is 0 Å². The standard InChI is InChI=1S/C30H32N2O/c1-19-15-21(3)27(22(4)16-19)31-13-14-32(28-23(5)17-20(2)18-24(28)6)30(31)29(33)25(7)26-11-9-8-10-12-26/h8-18H,1-7H3/p+1/b29-25-. The largest absolute Gasteiger partial charge is 0.501 e. The molecule has 0 aliphatic carbocycles.